The van der Waals surface area contributed by atoms with Crippen LogP contribution in [0.3, 0.4) is 0 Å². The fraction of sp³-hybridized carbons (Fsp3) is 0.667. The van der Waals surface area contributed by atoms with Crippen LogP contribution in [0.25, 0.3) is 0 Å². The van der Waals surface area contributed by atoms with Crippen LogP contribution < -0.4 is 4.90 Å². The zero-order valence-corrected chi connectivity index (χ0v) is 14.8. The predicted octanol–water partition coefficient (Wildman–Crippen LogP) is 1.31. The summed E-state index contributed by atoms with van der Waals surface area (Å²) in [5, 5.41) is 0. The van der Waals surface area contributed by atoms with E-state index in [-0.39, 0.29) is 11.8 Å². The van der Waals surface area contributed by atoms with E-state index >= 15 is 0 Å². The Labute approximate surface area is 149 Å². The molecule has 0 radical (unpaired) electrons. The highest BCUT2D eigenvalue weighted by molar-refractivity contribution is 5.95. The molecule has 2 aliphatic rings. The molecule has 2 saturated heterocycles. The minimum absolute atomic E-state index is 0.0129. The van der Waals surface area contributed by atoms with Crippen molar-refractivity contribution in [2.24, 2.45) is 0 Å². The largest absolute Gasteiger partial charge is 0.338 e. The van der Waals surface area contributed by atoms with Gasteiger partial charge in [0.05, 0.1) is 0 Å². The standard InChI is InChI=1S/C18H27N5O2/c24-16-6-1-2-7-17(25)23(16)11-4-3-10-21-12-14-22(15-13-21)18-19-8-5-9-20-18/h5,8-9H,1-4,6-7,10-15H2. The zero-order valence-electron chi connectivity index (χ0n) is 14.8. The van der Waals surface area contributed by atoms with Crippen molar-refractivity contribution in [2.75, 3.05) is 44.2 Å². The first-order valence-electron chi connectivity index (χ1n) is 9.31. The summed E-state index contributed by atoms with van der Waals surface area (Å²) in [5.41, 5.74) is 0. The summed E-state index contributed by atoms with van der Waals surface area (Å²) in [5.74, 6) is 0.832. The molecule has 0 aromatic carbocycles. The van der Waals surface area contributed by atoms with Gasteiger partial charge in [0.2, 0.25) is 17.8 Å². The van der Waals surface area contributed by atoms with Gasteiger partial charge in [0.1, 0.15) is 0 Å². The van der Waals surface area contributed by atoms with E-state index in [2.05, 4.69) is 19.8 Å². The van der Waals surface area contributed by atoms with Gasteiger partial charge < -0.3 is 4.90 Å². The van der Waals surface area contributed by atoms with Crippen molar-refractivity contribution in [1.82, 2.24) is 19.8 Å². The van der Waals surface area contributed by atoms with Gasteiger partial charge in [-0.1, -0.05) is 0 Å². The van der Waals surface area contributed by atoms with Gasteiger partial charge in [-0.15, -0.1) is 0 Å². The zero-order chi connectivity index (χ0) is 17.5. The molecule has 0 aliphatic carbocycles. The number of carbonyl (C=O) groups excluding carboxylic acids is 2. The summed E-state index contributed by atoms with van der Waals surface area (Å²) in [7, 11) is 0. The molecular weight excluding hydrogens is 318 g/mol. The lowest BCUT2D eigenvalue weighted by Gasteiger charge is -2.34. The van der Waals surface area contributed by atoms with E-state index in [9.17, 15) is 9.59 Å². The number of likely N-dealkylation sites (tertiary alicyclic amines) is 1. The summed E-state index contributed by atoms with van der Waals surface area (Å²) < 4.78 is 0. The van der Waals surface area contributed by atoms with Crippen molar-refractivity contribution in [3.05, 3.63) is 18.5 Å². The van der Waals surface area contributed by atoms with Gasteiger partial charge in [0.25, 0.3) is 0 Å². The molecule has 0 N–H and O–H groups in total. The quantitative estimate of drug-likeness (QED) is 0.572. The van der Waals surface area contributed by atoms with Gasteiger partial charge in [-0.2, -0.15) is 0 Å². The molecule has 7 heteroatoms. The Kier molecular flexibility index (Phi) is 6.33. The highest BCUT2D eigenvalue weighted by Crippen LogP contribution is 2.14. The molecular formula is C18H27N5O2. The van der Waals surface area contributed by atoms with Crippen molar-refractivity contribution in [1.29, 1.82) is 0 Å². The average Bonchev–Trinajstić information content (AvgIpc) is 2.81. The number of hydrogen-bond acceptors (Lipinski definition) is 6. The Morgan fingerprint density at radius 2 is 1.44 bits per heavy atom. The maximum atomic E-state index is 12.0. The third kappa shape index (κ3) is 4.98. The molecule has 25 heavy (non-hydrogen) atoms. The SMILES string of the molecule is O=C1CCCCC(=O)N1CCCCN1CCN(c2ncccn2)CC1. The van der Waals surface area contributed by atoms with E-state index in [1.807, 2.05) is 6.07 Å². The van der Waals surface area contributed by atoms with Crippen molar-refractivity contribution < 1.29 is 9.59 Å². The van der Waals surface area contributed by atoms with Crippen molar-refractivity contribution >= 4 is 17.8 Å². The summed E-state index contributed by atoms with van der Waals surface area (Å²) in [4.78, 5) is 38.7. The van der Waals surface area contributed by atoms with Crippen molar-refractivity contribution in [3.63, 3.8) is 0 Å². The van der Waals surface area contributed by atoms with E-state index in [4.69, 9.17) is 0 Å². The van der Waals surface area contributed by atoms with E-state index in [0.29, 0.717) is 19.4 Å². The van der Waals surface area contributed by atoms with E-state index in [1.54, 1.807) is 12.4 Å². The predicted molar refractivity (Wildman–Crippen MR) is 95.1 cm³/mol. The minimum atomic E-state index is 0.0129. The number of rotatable bonds is 6. The van der Waals surface area contributed by atoms with Crippen LogP contribution in [0.1, 0.15) is 38.5 Å². The molecule has 0 bridgehead atoms. The molecule has 0 atom stereocenters. The van der Waals surface area contributed by atoms with Crippen LogP contribution in [0.2, 0.25) is 0 Å². The topological polar surface area (TPSA) is 69.6 Å². The van der Waals surface area contributed by atoms with Crippen LogP contribution in [0.15, 0.2) is 18.5 Å². The number of aromatic nitrogens is 2. The normalized spacial score (nSPS) is 20.0. The number of amides is 2. The van der Waals surface area contributed by atoms with Gasteiger partial charge in [-0.05, 0) is 38.3 Å². The van der Waals surface area contributed by atoms with Crippen molar-refractivity contribution in [2.45, 2.75) is 38.5 Å². The molecule has 1 aromatic rings. The Morgan fingerprint density at radius 1 is 0.840 bits per heavy atom. The molecule has 2 amide bonds. The maximum Gasteiger partial charge on any atom is 0.229 e. The first kappa shape index (κ1) is 17.8. The van der Waals surface area contributed by atoms with Crippen LogP contribution >= 0.6 is 0 Å². The van der Waals surface area contributed by atoms with E-state index < -0.39 is 0 Å². The number of carbonyl (C=O) groups is 2. The monoisotopic (exact) mass is 345 g/mol. The third-order valence-electron chi connectivity index (χ3n) is 4.95. The minimum Gasteiger partial charge on any atom is -0.338 e. The van der Waals surface area contributed by atoms with Gasteiger partial charge >= 0.3 is 0 Å². The second-order valence-electron chi connectivity index (χ2n) is 6.73. The summed E-state index contributed by atoms with van der Waals surface area (Å²) in [6, 6.07) is 1.83. The van der Waals surface area contributed by atoms with Crippen LogP contribution in [-0.2, 0) is 9.59 Å². The van der Waals surface area contributed by atoms with Gasteiger partial charge in [-0.25, -0.2) is 9.97 Å². The number of unbranched alkanes of at least 4 members (excludes halogenated alkanes) is 1. The fourth-order valence-corrected chi connectivity index (χ4v) is 3.44. The molecule has 2 aliphatic heterocycles. The molecule has 2 fully saturated rings. The van der Waals surface area contributed by atoms with Crippen LogP contribution in [-0.4, -0.2) is 70.9 Å². The maximum absolute atomic E-state index is 12.0. The molecule has 7 nitrogen and oxygen atoms in total. The lowest BCUT2D eigenvalue weighted by atomic mass is 10.2. The lowest BCUT2D eigenvalue weighted by molar-refractivity contribution is -0.143. The van der Waals surface area contributed by atoms with Gasteiger partial charge in [-0.3, -0.25) is 19.4 Å². The van der Waals surface area contributed by atoms with E-state index in [1.165, 1.54) is 4.90 Å². The van der Waals surface area contributed by atoms with Crippen LogP contribution in [0.4, 0.5) is 5.95 Å². The number of hydrogen-bond donors (Lipinski definition) is 0. The van der Waals surface area contributed by atoms with Crippen LogP contribution in [0, 0.1) is 0 Å². The molecule has 0 saturated carbocycles. The number of imide groups is 1. The fourth-order valence-electron chi connectivity index (χ4n) is 3.44. The Bertz CT molecular complexity index is 554. The number of nitrogens with zero attached hydrogens (tertiary/aromatic N) is 5. The molecule has 0 unspecified atom stereocenters. The molecule has 0 spiro atoms. The summed E-state index contributed by atoms with van der Waals surface area (Å²) >= 11 is 0. The molecule has 3 heterocycles. The molecule has 3 rings (SSSR count). The Balaban J connectivity index is 1.35. The van der Waals surface area contributed by atoms with Crippen molar-refractivity contribution in [3.8, 4) is 0 Å². The lowest BCUT2D eigenvalue weighted by Crippen LogP contribution is -2.47. The van der Waals surface area contributed by atoms with Gasteiger partial charge in [0, 0.05) is 58.0 Å². The first-order chi connectivity index (χ1) is 12.2. The second-order valence-corrected chi connectivity index (χ2v) is 6.73. The Hall–Kier alpha value is -2.02. The van der Waals surface area contributed by atoms with Gasteiger partial charge in [0.15, 0.2) is 0 Å². The second kappa shape index (κ2) is 8.89. The summed E-state index contributed by atoms with van der Waals surface area (Å²) in [6.45, 7) is 5.47. The third-order valence-corrected chi connectivity index (χ3v) is 4.95. The summed E-state index contributed by atoms with van der Waals surface area (Å²) in [6.07, 6.45) is 8.19. The molecule has 136 valence electrons. The number of piperazine rings is 1. The molecule has 1 aromatic heterocycles. The Morgan fingerprint density at radius 3 is 2.08 bits per heavy atom. The van der Waals surface area contributed by atoms with E-state index in [0.717, 1.165) is 64.4 Å². The highest BCUT2D eigenvalue weighted by Gasteiger charge is 2.23. The average molecular weight is 345 g/mol. The first-order valence-corrected chi connectivity index (χ1v) is 9.31. The highest BCUT2D eigenvalue weighted by atomic mass is 16.2. The van der Waals surface area contributed by atoms with Crippen LogP contribution in [0.5, 0.6) is 0 Å². The number of anilines is 1. The smallest absolute Gasteiger partial charge is 0.229 e.